The van der Waals surface area contributed by atoms with E-state index in [2.05, 4.69) is 0 Å². The third-order valence-corrected chi connectivity index (χ3v) is 4.13. The van der Waals surface area contributed by atoms with E-state index in [1.807, 2.05) is 6.92 Å². The molecule has 2 aromatic carbocycles. The maximum atomic E-state index is 13.4. The Morgan fingerprint density at radius 3 is 2.64 bits per heavy atom. The van der Waals surface area contributed by atoms with Gasteiger partial charge in [-0.1, -0.05) is 0 Å². The Morgan fingerprint density at radius 2 is 1.95 bits per heavy atom. The highest BCUT2D eigenvalue weighted by molar-refractivity contribution is 6.07. The summed E-state index contributed by atoms with van der Waals surface area (Å²) in [4.78, 5) is 14.6. The molecule has 1 atom stereocenters. The molecule has 114 valence electrons. The van der Waals surface area contributed by atoms with Crippen LogP contribution in [0.25, 0.3) is 0 Å². The number of hydrogen-bond acceptors (Lipinski definition) is 2. The van der Waals surface area contributed by atoms with Crippen LogP contribution in [0.15, 0.2) is 42.5 Å². The molecule has 0 N–H and O–H groups in total. The smallest absolute Gasteiger partial charge is 0.258 e. The molecule has 3 nitrogen and oxygen atoms in total. The van der Waals surface area contributed by atoms with Gasteiger partial charge >= 0.3 is 0 Å². The third kappa shape index (κ3) is 2.56. The zero-order valence-electron chi connectivity index (χ0n) is 12.7. The lowest BCUT2D eigenvalue weighted by atomic mass is 9.95. The molecule has 4 heteroatoms. The maximum Gasteiger partial charge on any atom is 0.258 e. The molecular formula is C18H18FNO2. The number of carbonyl (C=O) groups is 1. The fourth-order valence-electron chi connectivity index (χ4n) is 2.90. The van der Waals surface area contributed by atoms with Crippen molar-refractivity contribution >= 4 is 11.6 Å². The van der Waals surface area contributed by atoms with Crippen LogP contribution in [0, 0.1) is 5.82 Å². The first-order chi connectivity index (χ1) is 10.6. The molecule has 0 aliphatic carbocycles. The molecule has 1 aliphatic heterocycles. The predicted molar refractivity (Wildman–Crippen MR) is 84.0 cm³/mol. The van der Waals surface area contributed by atoms with Crippen LogP contribution >= 0.6 is 0 Å². The molecule has 0 bridgehead atoms. The first-order valence-electron chi connectivity index (χ1n) is 7.36. The molecule has 1 aliphatic rings. The highest BCUT2D eigenvalue weighted by atomic mass is 19.1. The zero-order chi connectivity index (χ0) is 15.7. The van der Waals surface area contributed by atoms with E-state index in [0.29, 0.717) is 11.3 Å². The van der Waals surface area contributed by atoms with Crippen molar-refractivity contribution in [2.24, 2.45) is 0 Å². The fourth-order valence-corrected chi connectivity index (χ4v) is 2.90. The molecule has 1 unspecified atom stereocenters. The molecular weight excluding hydrogens is 281 g/mol. The van der Waals surface area contributed by atoms with Crippen molar-refractivity contribution < 1.29 is 13.9 Å². The van der Waals surface area contributed by atoms with Gasteiger partial charge in [-0.3, -0.25) is 4.79 Å². The number of anilines is 1. The average Bonchev–Trinajstić information content (AvgIpc) is 2.54. The Morgan fingerprint density at radius 1 is 1.23 bits per heavy atom. The Bertz CT molecular complexity index is 697. The number of fused-ring (bicyclic) bond motifs is 1. The van der Waals surface area contributed by atoms with E-state index in [1.54, 1.807) is 42.3 Å². The van der Waals surface area contributed by atoms with Gasteiger partial charge in [0.25, 0.3) is 5.91 Å². The fraction of sp³-hybridized carbons (Fsp3) is 0.278. The van der Waals surface area contributed by atoms with Gasteiger partial charge in [-0.15, -0.1) is 0 Å². The van der Waals surface area contributed by atoms with E-state index in [9.17, 15) is 9.18 Å². The molecule has 3 rings (SSSR count). The van der Waals surface area contributed by atoms with E-state index < -0.39 is 0 Å². The second-order valence-electron chi connectivity index (χ2n) is 5.56. The highest BCUT2D eigenvalue weighted by Gasteiger charge is 2.29. The Labute approximate surface area is 129 Å². The highest BCUT2D eigenvalue weighted by Crippen LogP contribution is 2.32. The lowest BCUT2D eigenvalue weighted by Gasteiger charge is -2.35. The Balaban J connectivity index is 1.97. The van der Waals surface area contributed by atoms with Gasteiger partial charge < -0.3 is 9.64 Å². The van der Waals surface area contributed by atoms with E-state index in [0.717, 1.165) is 24.1 Å². The first kappa shape index (κ1) is 14.6. The molecule has 2 aromatic rings. The molecule has 0 spiro atoms. The van der Waals surface area contributed by atoms with Crippen LogP contribution in [0.1, 0.15) is 29.3 Å². The quantitative estimate of drug-likeness (QED) is 0.844. The van der Waals surface area contributed by atoms with Crippen molar-refractivity contribution in [2.45, 2.75) is 25.8 Å². The number of ether oxygens (including phenoxy) is 1. The zero-order valence-corrected chi connectivity index (χ0v) is 12.7. The molecule has 1 heterocycles. The summed E-state index contributed by atoms with van der Waals surface area (Å²) >= 11 is 0. The number of halogens is 1. The van der Waals surface area contributed by atoms with Crippen molar-refractivity contribution in [2.75, 3.05) is 12.0 Å². The Hall–Kier alpha value is -2.36. The first-order valence-corrected chi connectivity index (χ1v) is 7.36. The van der Waals surface area contributed by atoms with Crippen molar-refractivity contribution in [3.8, 4) is 5.75 Å². The molecule has 1 amide bonds. The van der Waals surface area contributed by atoms with Crippen LogP contribution in [-0.2, 0) is 6.42 Å². The van der Waals surface area contributed by atoms with Crippen LogP contribution in [0.2, 0.25) is 0 Å². The minimum Gasteiger partial charge on any atom is -0.497 e. The van der Waals surface area contributed by atoms with Gasteiger partial charge in [0.1, 0.15) is 11.6 Å². The summed E-state index contributed by atoms with van der Waals surface area (Å²) in [5.41, 5.74) is 2.30. The topological polar surface area (TPSA) is 29.5 Å². The van der Waals surface area contributed by atoms with E-state index in [1.165, 1.54) is 12.1 Å². The maximum absolute atomic E-state index is 13.4. The number of nitrogens with zero attached hydrogens (tertiary/aromatic N) is 1. The molecule has 0 fully saturated rings. The number of aryl methyl sites for hydroxylation is 1. The van der Waals surface area contributed by atoms with Gasteiger partial charge in [-0.25, -0.2) is 4.39 Å². The number of amides is 1. The van der Waals surface area contributed by atoms with Gasteiger partial charge in [-0.2, -0.15) is 0 Å². The monoisotopic (exact) mass is 299 g/mol. The summed E-state index contributed by atoms with van der Waals surface area (Å²) in [6, 6.07) is 11.8. The van der Waals surface area contributed by atoms with Crippen LogP contribution in [-0.4, -0.2) is 19.1 Å². The molecule has 0 saturated carbocycles. The van der Waals surface area contributed by atoms with E-state index in [-0.39, 0.29) is 17.8 Å². The van der Waals surface area contributed by atoms with Crippen molar-refractivity contribution in [1.82, 2.24) is 0 Å². The summed E-state index contributed by atoms with van der Waals surface area (Å²) in [5, 5.41) is 0. The van der Waals surface area contributed by atoms with E-state index >= 15 is 0 Å². The van der Waals surface area contributed by atoms with Gasteiger partial charge in [0.2, 0.25) is 0 Å². The summed E-state index contributed by atoms with van der Waals surface area (Å²) in [6.07, 6.45) is 1.62. The number of benzene rings is 2. The van der Waals surface area contributed by atoms with E-state index in [4.69, 9.17) is 4.74 Å². The molecule has 0 saturated heterocycles. The lowest BCUT2D eigenvalue weighted by molar-refractivity contribution is 0.0975. The SMILES string of the molecule is COc1ccc(C(=O)N2c3ccc(F)cc3CCC2C)cc1. The number of rotatable bonds is 2. The second-order valence-corrected chi connectivity index (χ2v) is 5.56. The molecule has 22 heavy (non-hydrogen) atoms. The second kappa shape index (κ2) is 5.79. The summed E-state index contributed by atoms with van der Waals surface area (Å²) in [7, 11) is 1.59. The molecule has 0 radical (unpaired) electrons. The van der Waals surface area contributed by atoms with Gasteiger partial charge in [0.15, 0.2) is 0 Å². The number of hydrogen-bond donors (Lipinski definition) is 0. The van der Waals surface area contributed by atoms with Crippen molar-refractivity contribution in [3.05, 3.63) is 59.4 Å². The standard InChI is InChI=1S/C18H18FNO2/c1-12-3-4-14-11-15(19)7-10-17(14)20(12)18(21)13-5-8-16(22-2)9-6-13/h5-12H,3-4H2,1-2H3. The van der Waals surface area contributed by atoms with Crippen molar-refractivity contribution in [1.29, 1.82) is 0 Å². The summed E-state index contributed by atoms with van der Waals surface area (Å²) < 4.78 is 18.5. The predicted octanol–water partition coefficient (Wildman–Crippen LogP) is 3.82. The van der Waals surface area contributed by atoms with Crippen LogP contribution in [0.5, 0.6) is 5.75 Å². The Kier molecular flexibility index (Phi) is 3.84. The minimum absolute atomic E-state index is 0.0669. The summed E-state index contributed by atoms with van der Waals surface area (Å²) in [6.45, 7) is 2.02. The molecule has 0 aromatic heterocycles. The third-order valence-electron chi connectivity index (χ3n) is 4.13. The normalized spacial score (nSPS) is 17.0. The van der Waals surface area contributed by atoms with Crippen LogP contribution in [0.4, 0.5) is 10.1 Å². The number of methoxy groups -OCH3 is 1. The van der Waals surface area contributed by atoms with Crippen molar-refractivity contribution in [3.63, 3.8) is 0 Å². The average molecular weight is 299 g/mol. The van der Waals surface area contributed by atoms with Crippen LogP contribution in [0.3, 0.4) is 0 Å². The largest absolute Gasteiger partial charge is 0.497 e. The van der Waals surface area contributed by atoms with Gasteiger partial charge in [-0.05, 0) is 67.8 Å². The van der Waals surface area contributed by atoms with Gasteiger partial charge in [0.05, 0.1) is 7.11 Å². The van der Waals surface area contributed by atoms with Crippen LogP contribution < -0.4 is 9.64 Å². The van der Waals surface area contributed by atoms with Gasteiger partial charge in [0, 0.05) is 17.3 Å². The lowest BCUT2D eigenvalue weighted by Crippen LogP contribution is -2.42. The summed E-state index contributed by atoms with van der Waals surface area (Å²) in [5.74, 6) is 0.388. The minimum atomic E-state index is -0.259. The number of carbonyl (C=O) groups excluding carboxylic acids is 1.